The van der Waals surface area contributed by atoms with Gasteiger partial charge >= 0.3 is 17.9 Å². The first-order valence-corrected chi connectivity index (χ1v) is 11.2. The van der Waals surface area contributed by atoms with Gasteiger partial charge in [-0.3, -0.25) is 0 Å². The van der Waals surface area contributed by atoms with Crippen molar-refractivity contribution in [2.75, 3.05) is 6.61 Å². The Kier molecular flexibility index (Phi) is 8.04. The van der Waals surface area contributed by atoms with Crippen molar-refractivity contribution < 1.29 is 42.8 Å². The van der Waals surface area contributed by atoms with Gasteiger partial charge in [-0.15, -0.1) is 0 Å². The zero-order valence-electron chi connectivity index (χ0n) is 18.9. The number of esters is 3. The molecule has 9 heteroatoms. The maximum absolute atomic E-state index is 15.1. The summed E-state index contributed by atoms with van der Waals surface area (Å²) in [5.74, 6) is -2.44. The molecule has 1 fully saturated rings. The summed E-state index contributed by atoms with van der Waals surface area (Å²) in [4.78, 5) is 37.9. The second kappa shape index (κ2) is 11.6. The number of hydrogen-bond acceptors (Lipinski definition) is 8. The molecule has 3 aromatic rings. The van der Waals surface area contributed by atoms with Crippen LogP contribution in [0.4, 0.5) is 4.39 Å². The monoisotopic (exact) mass is 494 g/mol. The highest BCUT2D eigenvalue weighted by atomic mass is 19.1. The Morgan fingerprint density at radius 1 is 0.694 bits per heavy atom. The largest absolute Gasteiger partial charge is 0.459 e. The molecule has 5 atom stereocenters. The SMILES string of the molecule is O=C(OC[C@H]1O[C@H](O)[C@@H](F)[C@@H](OC(=O)c2ccccc2)[C@@H]1OC(=O)c1ccccc1)c1ccccc1. The van der Waals surface area contributed by atoms with Gasteiger partial charge in [-0.1, -0.05) is 54.6 Å². The highest BCUT2D eigenvalue weighted by Crippen LogP contribution is 2.29. The zero-order valence-corrected chi connectivity index (χ0v) is 18.9. The van der Waals surface area contributed by atoms with Gasteiger partial charge in [0.15, 0.2) is 24.7 Å². The number of aliphatic hydroxyl groups is 1. The number of halogens is 1. The summed E-state index contributed by atoms with van der Waals surface area (Å²) in [6.45, 7) is -0.510. The summed E-state index contributed by atoms with van der Waals surface area (Å²) >= 11 is 0. The van der Waals surface area contributed by atoms with Crippen molar-refractivity contribution in [3.63, 3.8) is 0 Å². The molecule has 1 heterocycles. The molecule has 4 rings (SSSR count). The predicted molar refractivity (Wildman–Crippen MR) is 124 cm³/mol. The second-order valence-corrected chi connectivity index (χ2v) is 7.95. The first-order valence-electron chi connectivity index (χ1n) is 11.2. The minimum absolute atomic E-state index is 0.130. The summed E-state index contributed by atoms with van der Waals surface area (Å²) < 4.78 is 36.5. The van der Waals surface area contributed by atoms with Gasteiger partial charge in [-0.05, 0) is 36.4 Å². The van der Waals surface area contributed by atoms with Gasteiger partial charge in [0.1, 0.15) is 12.7 Å². The van der Waals surface area contributed by atoms with E-state index < -0.39 is 55.3 Å². The Morgan fingerprint density at radius 3 is 1.58 bits per heavy atom. The van der Waals surface area contributed by atoms with Crippen LogP contribution in [0.2, 0.25) is 0 Å². The van der Waals surface area contributed by atoms with Gasteiger partial charge in [0.2, 0.25) is 0 Å². The number of ether oxygens (including phenoxy) is 4. The summed E-state index contributed by atoms with van der Waals surface area (Å²) in [6.07, 6.45) is -8.87. The van der Waals surface area contributed by atoms with E-state index in [1.54, 1.807) is 54.6 Å². The summed E-state index contributed by atoms with van der Waals surface area (Å²) in [5, 5.41) is 10.2. The Labute approximate surface area is 206 Å². The van der Waals surface area contributed by atoms with Crippen LogP contribution < -0.4 is 0 Å². The fourth-order valence-electron chi connectivity index (χ4n) is 3.64. The number of rotatable bonds is 7. The van der Waals surface area contributed by atoms with Gasteiger partial charge in [0, 0.05) is 0 Å². The number of carbonyl (C=O) groups is 3. The van der Waals surface area contributed by atoms with E-state index >= 15 is 4.39 Å². The normalized spacial score (nSPS) is 23.3. The molecule has 0 radical (unpaired) electrons. The lowest BCUT2D eigenvalue weighted by Crippen LogP contribution is -2.60. The zero-order chi connectivity index (χ0) is 25.5. The summed E-state index contributed by atoms with van der Waals surface area (Å²) in [5.41, 5.74) is 0.542. The Bertz CT molecular complexity index is 1170. The second-order valence-electron chi connectivity index (χ2n) is 7.95. The van der Waals surface area contributed by atoms with Crippen LogP contribution in [0.1, 0.15) is 31.1 Å². The molecule has 8 nitrogen and oxygen atoms in total. The fraction of sp³-hybridized carbons (Fsp3) is 0.222. The number of carbonyl (C=O) groups excluding carboxylic acids is 3. The highest BCUT2D eigenvalue weighted by molar-refractivity contribution is 5.90. The first kappa shape index (κ1) is 25.0. The van der Waals surface area contributed by atoms with Crippen LogP contribution in [-0.4, -0.2) is 60.4 Å². The Hall–Kier alpha value is -4.08. The number of hydrogen-bond donors (Lipinski definition) is 1. The van der Waals surface area contributed by atoms with E-state index in [1.807, 2.05) is 0 Å². The molecule has 0 saturated carbocycles. The lowest BCUT2D eigenvalue weighted by atomic mass is 9.99. The van der Waals surface area contributed by atoms with E-state index in [2.05, 4.69) is 0 Å². The van der Waals surface area contributed by atoms with E-state index in [-0.39, 0.29) is 16.7 Å². The van der Waals surface area contributed by atoms with Crippen LogP contribution in [0, 0.1) is 0 Å². The van der Waals surface area contributed by atoms with Crippen molar-refractivity contribution >= 4 is 17.9 Å². The van der Waals surface area contributed by atoms with Crippen LogP contribution >= 0.6 is 0 Å². The van der Waals surface area contributed by atoms with Crippen molar-refractivity contribution in [3.05, 3.63) is 108 Å². The molecule has 1 saturated heterocycles. The fourth-order valence-corrected chi connectivity index (χ4v) is 3.64. The van der Waals surface area contributed by atoms with Crippen molar-refractivity contribution in [1.82, 2.24) is 0 Å². The van der Waals surface area contributed by atoms with Gasteiger partial charge < -0.3 is 24.1 Å². The summed E-state index contributed by atoms with van der Waals surface area (Å²) in [6, 6.07) is 23.8. The van der Waals surface area contributed by atoms with Crippen LogP contribution in [0.5, 0.6) is 0 Å². The molecule has 0 aromatic heterocycles. The van der Waals surface area contributed by atoms with E-state index in [9.17, 15) is 19.5 Å². The van der Waals surface area contributed by atoms with Gasteiger partial charge in [0.05, 0.1) is 16.7 Å². The number of alkyl halides is 1. The maximum Gasteiger partial charge on any atom is 0.338 e. The molecule has 36 heavy (non-hydrogen) atoms. The molecule has 0 bridgehead atoms. The maximum atomic E-state index is 15.1. The van der Waals surface area contributed by atoms with E-state index in [0.717, 1.165) is 0 Å². The molecule has 1 aliphatic rings. The van der Waals surface area contributed by atoms with Crippen molar-refractivity contribution in [1.29, 1.82) is 0 Å². The average molecular weight is 494 g/mol. The van der Waals surface area contributed by atoms with Crippen LogP contribution in [0.3, 0.4) is 0 Å². The van der Waals surface area contributed by atoms with E-state index in [0.29, 0.717) is 0 Å². The topological polar surface area (TPSA) is 108 Å². The quantitative estimate of drug-likeness (QED) is 0.394. The summed E-state index contributed by atoms with van der Waals surface area (Å²) in [7, 11) is 0. The van der Waals surface area contributed by atoms with Gasteiger partial charge in [-0.25, -0.2) is 18.8 Å². The van der Waals surface area contributed by atoms with E-state index in [1.165, 1.54) is 36.4 Å². The average Bonchev–Trinajstić information content (AvgIpc) is 2.92. The highest BCUT2D eigenvalue weighted by Gasteiger charge is 2.51. The molecule has 0 aliphatic carbocycles. The van der Waals surface area contributed by atoms with Crippen molar-refractivity contribution in [3.8, 4) is 0 Å². The predicted octanol–water partition coefficient (Wildman–Crippen LogP) is 3.35. The van der Waals surface area contributed by atoms with Gasteiger partial charge in [0.25, 0.3) is 0 Å². The third kappa shape index (κ3) is 5.94. The standard InChI is InChI=1S/C27H23FO8/c28-21-23(36-26(31)19-14-8-3-9-15-19)22(35-25(30)18-12-6-2-7-13-18)20(34-27(21)32)16-33-24(29)17-10-4-1-5-11-17/h1-15,20-23,27,32H,16H2/t20-,21+,22-,23-,27+/m1/s1. The molecule has 0 spiro atoms. The number of aliphatic hydroxyl groups excluding tert-OH is 1. The molecule has 0 unspecified atom stereocenters. The van der Waals surface area contributed by atoms with E-state index in [4.69, 9.17) is 18.9 Å². The van der Waals surface area contributed by atoms with Crippen molar-refractivity contribution in [2.45, 2.75) is 30.8 Å². The Balaban J connectivity index is 1.57. The Morgan fingerprint density at radius 2 is 1.11 bits per heavy atom. The van der Waals surface area contributed by atoms with Crippen LogP contribution in [-0.2, 0) is 18.9 Å². The molecule has 3 aromatic carbocycles. The third-order valence-corrected chi connectivity index (χ3v) is 5.48. The third-order valence-electron chi connectivity index (χ3n) is 5.48. The van der Waals surface area contributed by atoms with Crippen molar-refractivity contribution in [2.24, 2.45) is 0 Å². The minimum Gasteiger partial charge on any atom is -0.459 e. The molecule has 1 aliphatic heterocycles. The van der Waals surface area contributed by atoms with Crippen LogP contribution in [0.15, 0.2) is 91.0 Å². The first-order chi connectivity index (χ1) is 17.4. The lowest BCUT2D eigenvalue weighted by Gasteiger charge is -2.40. The van der Waals surface area contributed by atoms with Gasteiger partial charge in [-0.2, -0.15) is 0 Å². The number of benzene rings is 3. The van der Waals surface area contributed by atoms with Crippen LogP contribution in [0.25, 0.3) is 0 Å². The molecular weight excluding hydrogens is 471 g/mol. The molecule has 186 valence electrons. The molecular formula is C27H23FO8. The minimum atomic E-state index is -2.24. The molecule has 0 amide bonds. The lowest BCUT2D eigenvalue weighted by molar-refractivity contribution is -0.270. The molecule has 1 N–H and O–H groups in total. The smallest absolute Gasteiger partial charge is 0.338 e.